The summed E-state index contributed by atoms with van der Waals surface area (Å²) in [6.45, 7) is 2.46. The molecule has 0 radical (unpaired) electrons. The minimum Gasteiger partial charge on any atom is -0.496 e. The van der Waals surface area contributed by atoms with Gasteiger partial charge in [0.05, 0.1) is 30.5 Å². The maximum absolute atomic E-state index is 12.8. The van der Waals surface area contributed by atoms with Gasteiger partial charge in [0.2, 0.25) is 0 Å². The minimum absolute atomic E-state index is 0.368. The molecule has 0 saturated heterocycles. The Bertz CT molecular complexity index is 1400. The van der Waals surface area contributed by atoms with Crippen molar-refractivity contribution in [3.63, 3.8) is 0 Å². The molecule has 0 spiro atoms. The molecule has 0 aliphatic rings. The van der Waals surface area contributed by atoms with Gasteiger partial charge >= 0.3 is 0 Å². The van der Waals surface area contributed by atoms with Crippen molar-refractivity contribution in [2.45, 2.75) is 13.5 Å². The van der Waals surface area contributed by atoms with Gasteiger partial charge in [-0.3, -0.25) is 4.79 Å². The zero-order valence-corrected chi connectivity index (χ0v) is 21.3. The molecule has 1 N–H and O–H groups in total. The molecule has 0 heterocycles. The van der Waals surface area contributed by atoms with Gasteiger partial charge in [-0.15, -0.1) is 0 Å². The number of fused-ring (bicyclic) bond motifs is 1. The Kier molecular flexibility index (Phi) is 7.67. The number of nitrogens with zero attached hydrogens (tertiary/aromatic N) is 1. The number of aryl methyl sites for hydroxylation is 1. The number of carbonyl (C=O) groups is 1. The third kappa shape index (κ3) is 5.81. The zero-order valence-electron chi connectivity index (χ0n) is 19.7. The van der Waals surface area contributed by atoms with Crippen LogP contribution in [0.2, 0.25) is 0 Å². The van der Waals surface area contributed by atoms with Crippen LogP contribution in [-0.2, 0) is 6.61 Å². The minimum atomic E-state index is -0.368. The summed E-state index contributed by atoms with van der Waals surface area (Å²) in [6, 6.07) is 23.2. The van der Waals surface area contributed by atoms with E-state index in [1.165, 1.54) is 12.7 Å². The maximum Gasteiger partial charge on any atom is 0.275 e. The largest absolute Gasteiger partial charge is 0.496 e. The Morgan fingerprint density at radius 1 is 0.943 bits per heavy atom. The Morgan fingerprint density at radius 2 is 1.69 bits per heavy atom. The number of halogens is 1. The molecular weight excluding hydrogens is 508 g/mol. The second kappa shape index (κ2) is 11.1. The fourth-order valence-electron chi connectivity index (χ4n) is 3.70. The number of hydrazone groups is 1. The SMILES string of the molecule is COc1cc2ccccc2cc1C(=O)N/N=C\c1cc(Br)c(OCc2cccc(C)c2)c(OC)c1. The van der Waals surface area contributed by atoms with Crippen molar-refractivity contribution in [1.82, 2.24) is 5.43 Å². The first-order valence-corrected chi connectivity index (χ1v) is 11.7. The van der Waals surface area contributed by atoms with Crippen molar-refractivity contribution in [3.05, 3.63) is 99.5 Å². The van der Waals surface area contributed by atoms with E-state index in [0.717, 1.165) is 21.9 Å². The number of hydrogen-bond donors (Lipinski definition) is 1. The number of nitrogens with one attached hydrogen (secondary N) is 1. The van der Waals surface area contributed by atoms with Gasteiger partial charge in [-0.1, -0.05) is 54.1 Å². The van der Waals surface area contributed by atoms with Gasteiger partial charge in [0.25, 0.3) is 5.91 Å². The van der Waals surface area contributed by atoms with E-state index in [1.807, 2.05) is 61.5 Å². The van der Waals surface area contributed by atoms with Gasteiger partial charge in [0, 0.05) is 0 Å². The number of methoxy groups -OCH3 is 2. The molecule has 0 saturated carbocycles. The Balaban J connectivity index is 1.48. The second-order valence-electron chi connectivity index (χ2n) is 7.91. The standard InChI is InChI=1S/C28H25BrN2O4/c1-18-7-6-8-19(11-18)17-35-27-24(29)12-20(13-26(27)34-3)16-30-31-28(32)23-14-21-9-4-5-10-22(21)15-25(23)33-2/h4-16H,17H2,1-3H3,(H,31,32)/b30-16-. The topological polar surface area (TPSA) is 69.2 Å². The predicted octanol–water partition coefficient (Wildman–Crippen LogP) is 6.27. The fraction of sp³-hybridized carbons (Fsp3) is 0.143. The van der Waals surface area contributed by atoms with Crippen LogP contribution < -0.4 is 19.6 Å². The molecule has 178 valence electrons. The first kappa shape index (κ1) is 24.3. The van der Waals surface area contributed by atoms with Crippen molar-refractivity contribution in [2.75, 3.05) is 14.2 Å². The van der Waals surface area contributed by atoms with Crippen LogP contribution in [-0.4, -0.2) is 26.3 Å². The van der Waals surface area contributed by atoms with Gasteiger partial charge in [0.15, 0.2) is 11.5 Å². The van der Waals surface area contributed by atoms with Gasteiger partial charge in [-0.2, -0.15) is 5.10 Å². The summed E-state index contributed by atoms with van der Waals surface area (Å²) in [6.07, 6.45) is 1.54. The van der Waals surface area contributed by atoms with E-state index in [4.69, 9.17) is 14.2 Å². The van der Waals surface area contributed by atoms with Crippen LogP contribution in [0.15, 0.2) is 82.4 Å². The van der Waals surface area contributed by atoms with Crippen molar-refractivity contribution in [1.29, 1.82) is 0 Å². The van der Waals surface area contributed by atoms with Gasteiger partial charge < -0.3 is 14.2 Å². The van der Waals surface area contributed by atoms with Crippen molar-refractivity contribution < 1.29 is 19.0 Å². The number of amides is 1. The summed E-state index contributed by atoms with van der Waals surface area (Å²) in [5.41, 5.74) is 5.94. The average molecular weight is 533 g/mol. The van der Waals surface area contributed by atoms with Crippen LogP contribution in [0.4, 0.5) is 0 Å². The van der Waals surface area contributed by atoms with E-state index in [2.05, 4.69) is 32.5 Å². The maximum atomic E-state index is 12.8. The molecule has 6 nitrogen and oxygen atoms in total. The first-order valence-electron chi connectivity index (χ1n) is 10.9. The Morgan fingerprint density at radius 3 is 2.40 bits per heavy atom. The second-order valence-corrected chi connectivity index (χ2v) is 8.76. The molecule has 0 fully saturated rings. The van der Waals surface area contributed by atoms with Crippen LogP contribution >= 0.6 is 15.9 Å². The zero-order chi connectivity index (χ0) is 24.8. The van der Waals surface area contributed by atoms with Crippen molar-refractivity contribution in [3.8, 4) is 17.2 Å². The molecule has 0 aliphatic carbocycles. The molecule has 4 aromatic carbocycles. The molecule has 0 atom stereocenters. The van der Waals surface area contributed by atoms with Crippen LogP contribution in [0.25, 0.3) is 10.8 Å². The molecular formula is C28H25BrN2O4. The normalized spacial score (nSPS) is 11.0. The van der Waals surface area contributed by atoms with Crippen LogP contribution in [0.5, 0.6) is 17.2 Å². The lowest BCUT2D eigenvalue weighted by Crippen LogP contribution is -2.18. The van der Waals surface area contributed by atoms with Crippen molar-refractivity contribution in [2.24, 2.45) is 5.10 Å². The lowest BCUT2D eigenvalue weighted by molar-refractivity contribution is 0.0952. The number of hydrogen-bond acceptors (Lipinski definition) is 5. The third-order valence-corrected chi connectivity index (χ3v) is 6.00. The summed E-state index contributed by atoms with van der Waals surface area (Å²) in [5.74, 6) is 1.26. The monoisotopic (exact) mass is 532 g/mol. The highest BCUT2D eigenvalue weighted by atomic mass is 79.9. The Labute approximate surface area is 212 Å². The van der Waals surface area contributed by atoms with E-state index in [0.29, 0.717) is 33.9 Å². The summed E-state index contributed by atoms with van der Waals surface area (Å²) < 4.78 is 17.7. The molecule has 0 aliphatic heterocycles. The predicted molar refractivity (Wildman–Crippen MR) is 142 cm³/mol. The molecule has 0 unspecified atom stereocenters. The molecule has 0 bridgehead atoms. The van der Waals surface area contributed by atoms with E-state index >= 15 is 0 Å². The average Bonchev–Trinajstić information content (AvgIpc) is 2.86. The lowest BCUT2D eigenvalue weighted by atomic mass is 10.1. The van der Waals surface area contributed by atoms with E-state index < -0.39 is 0 Å². The lowest BCUT2D eigenvalue weighted by Gasteiger charge is -2.14. The number of carbonyl (C=O) groups excluding carboxylic acids is 1. The van der Waals surface area contributed by atoms with Crippen LogP contribution in [0.3, 0.4) is 0 Å². The van der Waals surface area contributed by atoms with Gasteiger partial charge in [-0.25, -0.2) is 5.43 Å². The third-order valence-electron chi connectivity index (χ3n) is 5.41. The van der Waals surface area contributed by atoms with E-state index in [9.17, 15) is 4.79 Å². The summed E-state index contributed by atoms with van der Waals surface area (Å²) in [5, 5.41) is 6.06. The number of ether oxygens (including phenoxy) is 3. The molecule has 1 amide bonds. The van der Waals surface area contributed by atoms with E-state index in [-0.39, 0.29) is 5.91 Å². The first-order chi connectivity index (χ1) is 17.0. The molecule has 4 rings (SSSR count). The van der Waals surface area contributed by atoms with Crippen molar-refractivity contribution >= 4 is 38.8 Å². The molecule has 7 heteroatoms. The highest BCUT2D eigenvalue weighted by Gasteiger charge is 2.14. The quantitative estimate of drug-likeness (QED) is 0.214. The van der Waals surface area contributed by atoms with E-state index in [1.54, 1.807) is 25.5 Å². The summed E-state index contributed by atoms with van der Waals surface area (Å²) >= 11 is 3.56. The van der Waals surface area contributed by atoms with Gasteiger partial charge in [0.1, 0.15) is 12.4 Å². The van der Waals surface area contributed by atoms with Gasteiger partial charge in [-0.05, 0) is 69.0 Å². The summed E-state index contributed by atoms with van der Waals surface area (Å²) in [4.78, 5) is 12.8. The number of rotatable bonds is 8. The number of benzene rings is 4. The molecule has 4 aromatic rings. The smallest absolute Gasteiger partial charge is 0.275 e. The van der Waals surface area contributed by atoms with Crippen LogP contribution in [0.1, 0.15) is 27.0 Å². The molecule has 35 heavy (non-hydrogen) atoms. The Hall–Kier alpha value is -3.84. The highest BCUT2D eigenvalue weighted by Crippen LogP contribution is 2.37. The summed E-state index contributed by atoms with van der Waals surface area (Å²) in [7, 11) is 3.12. The fourth-order valence-corrected chi connectivity index (χ4v) is 4.28. The van der Waals surface area contributed by atoms with Crippen LogP contribution in [0, 0.1) is 6.92 Å². The highest BCUT2D eigenvalue weighted by molar-refractivity contribution is 9.10. The molecule has 0 aromatic heterocycles.